The third kappa shape index (κ3) is 6.53. The van der Waals surface area contributed by atoms with Gasteiger partial charge in [0.15, 0.2) is 0 Å². The van der Waals surface area contributed by atoms with Gasteiger partial charge < -0.3 is 10.2 Å². The van der Waals surface area contributed by atoms with Crippen molar-refractivity contribution in [2.45, 2.75) is 50.4 Å². The monoisotopic (exact) mass is 566 g/mol. The largest absolute Gasteiger partial charge is 0.351 e. The van der Waals surface area contributed by atoms with Crippen molar-refractivity contribution in [2.24, 2.45) is 0 Å². The maximum atomic E-state index is 15.0. The number of hydrogen-bond donors (Lipinski definition) is 2. The minimum atomic E-state index is -3.91. The summed E-state index contributed by atoms with van der Waals surface area (Å²) in [7, 11) is 0.334. The normalized spacial score (nSPS) is 17.8. The Morgan fingerprint density at radius 3 is 2.38 bits per heavy atom. The van der Waals surface area contributed by atoms with Crippen molar-refractivity contribution in [1.82, 2.24) is 19.9 Å². The van der Waals surface area contributed by atoms with Gasteiger partial charge in [-0.2, -0.15) is 0 Å². The second-order valence-corrected chi connectivity index (χ2v) is 12.3. The van der Waals surface area contributed by atoms with E-state index in [1.165, 1.54) is 36.4 Å². The van der Waals surface area contributed by atoms with Crippen LogP contribution in [0.15, 0.2) is 54.7 Å². The number of pyridine rings is 1. The van der Waals surface area contributed by atoms with Gasteiger partial charge in [-0.3, -0.25) is 4.72 Å². The van der Waals surface area contributed by atoms with E-state index in [1.54, 1.807) is 12.3 Å². The zero-order valence-electron chi connectivity index (χ0n) is 22.7. The van der Waals surface area contributed by atoms with Crippen LogP contribution in [0.4, 0.5) is 20.4 Å². The van der Waals surface area contributed by atoms with Crippen LogP contribution in [-0.4, -0.2) is 54.4 Å². The summed E-state index contributed by atoms with van der Waals surface area (Å²) in [6, 6.07) is 12.1. The number of nitrogens with zero attached hydrogens (tertiary/aromatic N) is 4. The number of halogens is 2. The van der Waals surface area contributed by atoms with Crippen LogP contribution in [0, 0.1) is 18.6 Å². The van der Waals surface area contributed by atoms with Crippen molar-refractivity contribution in [3.05, 3.63) is 77.5 Å². The Bertz CT molecular complexity index is 1620. The SMILES string of the molecule is Cc1cc(-c2ccc(NS(=O)(=O)Cc3ccc(F)cc3)c(F)c2)nc2cnc(NC3CCC(N(C)C)CC3)nc12. The summed E-state index contributed by atoms with van der Waals surface area (Å²) in [6.45, 7) is 1.92. The summed E-state index contributed by atoms with van der Waals surface area (Å²) in [5, 5.41) is 3.47. The minimum absolute atomic E-state index is 0.179. The van der Waals surface area contributed by atoms with Crippen molar-refractivity contribution in [1.29, 1.82) is 0 Å². The van der Waals surface area contributed by atoms with Crippen LogP contribution in [0.25, 0.3) is 22.3 Å². The molecule has 0 amide bonds. The maximum Gasteiger partial charge on any atom is 0.237 e. The molecule has 5 rings (SSSR count). The third-order valence-corrected chi connectivity index (χ3v) is 8.54. The van der Waals surface area contributed by atoms with Gasteiger partial charge in [-0.25, -0.2) is 32.2 Å². The molecule has 2 heterocycles. The Labute approximate surface area is 232 Å². The van der Waals surface area contributed by atoms with Crippen LogP contribution in [0.1, 0.15) is 36.8 Å². The molecule has 4 aromatic rings. The van der Waals surface area contributed by atoms with E-state index in [2.05, 4.69) is 39.0 Å². The first-order valence-electron chi connectivity index (χ1n) is 13.2. The third-order valence-electron chi connectivity index (χ3n) is 7.30. The summed E-state index contributed by atoms with van der Waals surface area (Å²) >= 11 is 0. The van der Waals surface area contributed by atoms with E-state index in [9.17, 15) is 17.2 Å². The molecule has 0 atom stereocenters. The van der Waals surface area contributed by atoms with E-state index in [-0.39, 0.29) is 5.69 Å². The molecular formula is C29H32F2N6O2S. The molecule has 2 aromatic heterocycles. The lowest BCUT2D eigenvalue weighted by atomic mass is 9.91. The Morgan fingerprint density at radius 1 is 0.975 bits per heavy atom. The quantitative estimate of drug-likeness (QED) is 0.290. The molecule has 0 aliphatic heterocycles. The van der Waals surface area contributed by atoms with Gasteiger partial charge >= 0.3 is 0 Å². The molecular weight excluding hydrogens is 534 g/mol. The fourth-order valence-corrected chi connectivity index (χ4v) is 6.28. The van der Waals surface area contributed by atoms with Crippen LogP contribution in [0.3, 0.4) is 0 Å². The number of rotatable bonds is 8. The lowest BCUT2D eigenvalue weighted by Crippen LogP contribution is -2.36. The molecule has 1 fully saturated rings. The van der Waals surface area contributed by atoms with Gasteiger partial charge in [0.05, 0.1) is 28.8 Å². The molecule has 0 radical (unpaired) electrons. The molecule has 40 heavy (non-hydrogen) atoms. The second kappa shape index (κ2) is 11.4. The predicted molar refractivity (Wildman–Crippen MR) is 153 cm³/mol. The maximum absolute atomic E-state index is 15.0. The van der Waals surface area contributed by atoms with Crippen LogP contribution in [0.2, 0.25) is 0 Å². The van der Waals surface area contributed by atoms with Crippen LogP contribution < -0.4 is 10.0 Å². The van der Waals surface area contributed by atoms with E-state index in [4.69, 9.17) is 4.98 Å². The summed E-state index contributed by atoms with van der Waals surface area (Å²) in [6.07, 6.45) is 6.05. The van der Waals surface area contributed by atoms with Gasteiger partial charge in [0.1, 0.15) is 17.2 Å². The summed E-state index contributed by atoms with van der Waals surface area (Å²) in [5.41, 5.74) is 3.39. The van der Waals surface area contributed by atoms with Crippen LogP contribution in [0.5, 0.6) is 0 Å². The summed E-state index contributed by atoms with van der Waals surface area (Å²) in [4.78, 5) is 16.1. The molecule has 0 spiro atoms. The highest BCUT2D eigenvalue weighted by molar-refractivity contribution is 7.91. The zero-order chi connectivity index (χ0) is 28.4. The number of nitrogens with one attached hydrogen (secondary N) is 2. The number of aromatic nitrogens is 3. The molecule has 0 unspecified atom stereocenters. The lowest BCUT2D eigenvalue weighted by molar-refractivity contribution is 0.221. The Hall–Kier alpha value is -3.70. The highest BCUT2D eigenvalue weighted by Gasteiger charge is 2.23. The molecule has 2 N–H and O–H groups in total. The van der Waals surface area contributed by atoms with Crippen LogP contribution >= 0.6 is 0 Å². The fraction of sp³-hybridized carbons (Fsp3) is 0.345. The first kappa shape index (κ1) is 27.9. The number of fused-ring (bicyclic) bond motifs is 1. The fourth-order valence-electron chi connectivity index (χ4n) is 5.08. The first-order chi connectivity index (χ1) is 19.1. The molecule has 2 aromatic carbocycles. The van der Waals surface area contributed by atoms with Crippen molar-refractivity contribution >= 4 is 32.7 Å². The van der Waals surface area contributed by atoms with E-state index in [0.29, 0.717) is 45.9 Å². The molecule has 0 bridgehead atoms. The molecule has 0 saturated heterocycles. The highest BCUT2D eigenvalue weighted by atomic mass is 32.2. The van der Waals surface area contributed by atoms with Crippen LogP contribution in [-0.2, 0) is 15.8 Å². The lowest BCUT2D eigenvalue weighted by Gasteiger charge is -2.32. The van der Waals surface area contributed by atoms with Gasteiger partial charge in [-0.1, -0.05) is 18.2 Å². The average molecular weight is 567 g/mol. The molecule has 11 heteroatoms. The Kier molecular flexibility index (Phi) is 7.95. The topological polar surface area (TPSA) is 100 Å². The van der Waals surface area contributed by atoms with E-state index < -0.39 is 27.4 Å². The number of aryl methyl sites for hydroxylation is 1. The number of anilines is 2. The zero-order valence-corrected chi connectivity index (χ0v) is 23.5. The first-order valence-corrected chi connectivity index (χ1v) is 14.8. The van der Waals surface area contributed by atoms with E-state index in [0.717, 1.165) is 31.2 Å². The molecule has 1 saturated carbocycles. The van der Waals surface area contributed by atoms with Crippen molar-refractivity contribution in [2.75, 3.05) is 24.1 Å². The van der Waals surface area contributed by atoms with E-state index >= 15 is 0 Å². The Balaban J connectivity index is 1.30. The van der Waals surface area contributed by atoms with Crippen molar-refractivity contribution in [3.8, 4) is 11.3 Å². The molecule has 210 valence electrons. The smallest absolute Gasteiger partial charge is 0.237 e. The second-order valence-electron chi connectivity index (χ2n) is 10.5. The standard InChI is InChI=1S/C29H32F2N6O2S/c1-18-14-26(34-27-16-32-29(35-28(18)27)33-22-9-11-23(12-10-22)37(2)3)20-6-13-25(24(31)15-20)36-40(38,39)17-19-4-7-21(30)8-5-19/h4-8,13-16,22-23,36H,9-12,17H2,1-3H3,(H,32,33,35). The van der Waals surface area contributed by atoms with Gasteiger partial charge in [-0.15, -0.1) is 0 Å². The van der Waals surface area contributed by atoms with E-state index in [1.807, 2.05) is 13.0 Å². The summed E-state index contributed by atoms with van der Waals surface area (Å²) in [5.74, 6) is -1.04. The van der Waals surface area contributed by atoms with Crippen molar-refractivity contribution < 1.29 is 17.2 Å². The molecule has 8 nitrogen and oxygen atoms in total. The number of benzene rings is 2. The molecule has 1 aliphatic carbocycles. The highest BCUT2D eigenvalue weighted by Crippen LogP contribution is 2.28. The molecule has 1 aliphatic rings. The minimum Gasteiger partial charge on any atom is -0.351 e. The number of sulfonamides is 1. The van der Waals surface area contributed by atoms with Gasteiger partial charge in [0.25, 0.3) is 0 Å². The Morgan fingerprint density at radius 2 is 1.70 bits per heavy atom. The van der Waals surface area contributed by atoms with Crippen molar-refractivity contribution in [3.63, 3.8) is 0 Å². The summed E-state index contributed by atoms with van der Waals surface area (Å²) < 4.78 is 55.4. The van der Waals surface area contributed by atoms with Gasteiger partial charge in [0, 0.05) is 17.6 Å². The predicted octanol–water partition coefficient (Wildman–Crippen LogP) is 5.51. The number of hydrogen-bond acceptors (Lipinski definition) is 7. The average Bonchev–Trinajstić information content (AvgIpc) is 2.91. The van der Waals surface area contributed by atoms with Gasteiger partial charge in [0.2, 0.25) is 16.0 Å². The van der Waals surface area contributed by atoms with Gasteiger partial charge in [-0.05, 0) is 88.2 Å².